The van der Waals surface area contributed by atoms with Gasteiger partial charge in [-0.3, -0.25) is 10.1 Å². The highest BCUT2D eigenvalue weighted by Crippen LogP contribution is 2.06. The van der Waals surface area contributed by atoms with Crippen molar-refractivity contribution >= 4 is 17.7 Å². The van der Waals surface area contributed by atoms with Crippen molar-refractivity contribution in [1.29, 1.82) is 0 Å². The largest absolute Gasteiger partial charge is 0.384 e. The van der Waals surface area contributed by atoms with Crippen LogP contribution in [0, 0.1) is 6.92 Å². The average molecular weight is 219 g/mol. The number of rotatable bonds is 2. The molecule has 0 saturated heterocycles. The van der Waals surface area contributed by atoms with Crippen LogP contribution in [-0.4, -0.2) is 21.0 Å². The normalized spacial score (nSPS) is 10.1. The van der Waals surface area contributed by atoms with Gasteiger partial charge in [0.25, 0.3) is 5.91 Å². The third kappa shape index (κ3) is 2.14. The molecule has 0 aliphatic rings. The van der Waals surface area contributed by atoms with E-state index in [0.717, 1.165) is 0 Å². The van der Waals surface area contributed by atoms with Crippen molar-refractivity contribution in [1.82, 2.24) is 15.1 Å². The smallest absolute Gasteiger partial charge is 0.328 e. The first kappa shape index (κ1) is 10.1. The number of amides is 1. The van der Waals surface area contributed by atoms with E-state index in [1.165, 1.54) is 12.3 Å². The lowest BCUT2D eigenvalue weighted by molar-refractivity contribution is 0.102. The summed E-state index contributed by atoms with van der Waals surface area (Å²) in [5.41, 5.74) is 5.76. The molecule has 0 unspecified atom stereocenters. The van der Waals surface area contributed by atoms with Gasteiger partial charge in [0.15, 0.2) is 5.82 Å². The van der Waals surface area contributed by atoms with Gasteiger partial charge < -0.3 is 10.3 Å². The third-order valence-electron chi connectivity index (χ3n) is 1.80. The zero-order valence-corrected chi connectivity index (χ0v) is 8.47. The summed E-state index contributed by atoms with van der Waals surface area (Å²) >= 11 is 0. The number of nitrogens with one attached hydrogen (secondary N) is 1. The van der Waals surface area contributed by atoms with Gasteiger partial charge in [-0.2, -0.15) is 4.98 Å². The summed E-state index contributed by atoms with van der Waals surface area (Å²) in [7, 11) is 0. The van der Waals surface area contributed by atoms with Crippen molar-refractivity contribution in [2.45, 2.75) is 6.92 Å². The molecule has 0 radical (unpaired) electrons. The van der Waals surface area contributed by atoms with Crippen LogP contribution in [0.3, 0.4) is 0 Å². The van der Waals surface area contributed by atoms with Crippen LogP contribution in [0.5, 0.6) is 0 Å². The van der Waals surface area contributed by atoms with Crippen LogP contribution in [0.15, 0.2) is 22.9 Å². The number of pyridine rings is 1. The predicted octanol–water partition coefficient (Wildman–Crippen LogP) is 0.608. The number of nitrogens with zero attached hydrogens (tertiary/aromatic N) is 3. The first-order chi connectivity index (χ1) is 7.65. The second-order valence-corrected chi connectivity index (χ2v) is 3.07. The van der Waals surface area contributed by atoms with Crippen molar-refractivity contribution in [2.24, 2.45) is 0 Å². The molecule has 0 spiro atoms. The Balaban J connectivity index is 2.11. The molecule has 3 N–H and O–H groups in total. The standard InChI is InChI=1S/C9H9N5O2/c1-5-12-9(16-14-5)13-8(15)6-2-3-7(10)11-4-6/h2-4H,1H3,(H2,10,11)(H,12,13,14,15). The molecule has 0 aromatic carbocycles. The Labute approximate surface area is 90.7 Å². The van der Waals surface area contributed by atoms with Gasteiger partial charge in [-0.25, -0.2) is 4.98 Å². The molecule has 0 fully saturated rings. The fourth-order valence-electron chi connectivity index (χ4n) is 1.06. The summed E-state index contributed by atoms with van der Waals surface area (Å²) in [5.74, 6) is 0.423. The Hall–Kier alpha value is -2.44. The van der Waals surface area contributed by atoms with Crippen LogP contribution in [0.2, 0.25) is 0 Å². The van der Waals surface area contributed by atoms with E-state index in [4.69, 9.17) is 10.3 Å². The number of nitrogens with two attached hydrogens (primary N) is 1. The molecule has 0 bridgehead atoms. The maximum atomic E-state index is 11.6. The van der Waals surface area contributed by atoms with E-state index in [0.29, 0.717) is 17.2 Å². The van der Waals surface area contributed by atoms with E-state index in [1.54, 1.807) is 13.0 Å². The minimum atomic E-state index is -0.379. The van der Waals surface area contributed by atoms with Gasteiger partial charge in [-0.05, 0) is 19.1 Å². The van der Waals surface area contributed by atoms with Gasteiger partial charge in [-0.1, -0.05) is 5.16 Å². The van der Waals surface area contributed by atoms with Gasteiger partial charge in [0, 0.05) is 6.20 Å². The maximum Gasteiger partial charge on any atom is 0.328 e. The zero-order valence-electron chi connectivity index (χ0n) is 8.47. The molecular formula is C9H9N5O2. The van der Waals surface area contributed by atoms with E-state index in [2.05, 4.69) is 20.4 Å². The number of carbonyl (C=O) groups excluding carboxylic acids is 1. The summed E-state index contributed by atoms with van der Waals surface area (Å²) in [4.78, 5) is 19.3. The second kappa shape index (κ2) is 3.97. The molecular weight excluding hydrogens is 210 g/mol. The van der Waals surface area contributed by atoms with Gasteiger partial charge in [0.2, 0.25) is 0 Å². The molecule has 0 aliphatic heterocycles. The Morgan fingerprint density at radius 1 is 1.50 bits per heavy atom. The molecule has 2 aromatic heterocycles. The Bertz CT molecular complexity index is 505. The molecule has 2 rings (SSSR count). The summed E-state index contributed by atoms with van der Waals surface area (Å²) < 4.78 is 4.74. The number of nitrogen functional groups attached to an aromatic ring is 1. The Kier molecular flexibility index (Phi) is 2.50. The minimum absolute atomic E-state index is 0.0549. The molecule has 0 aliphatic carbocycles. The first-order valence-electron chi connectivity index (χ1n) is 4.48. The van der Waals surface area contributed by atoms with Gasteiger partial charge in [-0.15, -0.1) is 0 Å². The molecule has 2 heterocycles. The number of aryl methyl sites for hydroxylation is 1. The molecule has 2 aromatic rings. The lowest BCUT2D eigenvalue weighted by Gasteiger charge is -1.99. The zero-order chi connectivity index (χ0) is 11.5. The van der Waals surface area contributed by atoms with E-state index in [9.17, 15) is 4.79 Å². The molecule has 82 valence electrons. The molecule has 0 saturated carbocycles. The number of aromatic nitrogens is 3. The lowest BCUT2D eigenvalue weighted by atomic mass is 10.2. The van der Waals surface area contributed by atoms with Crippen LogP contribution in [0.1, 0.15) is 16.2 Å². The highest BCUT2D eigenvalue weighted by atomic mass is 16.5. The Morgan fingerprint density at radius 3 is 2.88 bits per heavy atom. The summed E-state index contributed by atoms with van der Waals surface area (Å²) in [5, 5.41) is 5.98. The third-order valence-corrected chi connectivity index (χ3v) is 1.80. The van der Waals surface area contributed by atoms with Crippen LogP contribution < -0.4 is 11.1 Å². The van der Waals surface area contributed by atoms with Crippen molar-refractivity contribution in [3.63, 3.8) is 0 Å². The molecule has 7 nitrogen and oxygen atoms in total. The molecule has 0 atom stereocenters. The van der Waals surface area contributed by atoms with Crippen LogP contribution in [-0.2, 0) is 0 Å². The first-order valence-corrected chi connectivity index (χ1v) is 4.48. The fraction of sp³-hybridized carbons (Fsp3) is 0.111. The van der Waals surface area contributed by atoms with Crippen LogP contribution in [0.25, 0.3) is 0 Å². The van der Waals surface area contributed by atoms with E-state index < -0.39 is 0 Å². The van der Waals surface area contributed by atoms with Crippen molar-refractivity contribution in [2.75, 3.05) is 11.1 Å². The summed E-state index contributed by atoms with van der Waals surface area (Å²) in [6.45, 7) is 1.66. The van der Waals surface area contributed by atoms with E-state index in [1.807, 2.05) is 0 Å². The van der Waals surface area contributed by atoms with Gasteiger partial charge >= 0.3 is 6.01 Å². The monoisotopic (exact) mass is 219 g/mol. The minimum Gasteiger partial charge on any atom is -0.384 e. The molecule has 7 heteroatoms. The fourth-order valence-corrected chi connectivity index (χ4v) is 1.06. The number of hydrogen-bond donors (Lipinski definition) is 2. The maximum absolute atomic E-state index is 11.6. The van der Waals surface area contributed by atoms with Crippen molar-refractivity contribution in [3.8, 4) is 0 Å². The van der Waals surface area contributed by atoms with Crippen molar-refractivity contribution < 1.29 is 9.32 Å². The predicted molar refractivity (Wildman–Crippen MR) is 55.6 cm³/mol. The lowest BCUT2D eigenvalue weighted by Crippen LogP contribution is -2.12. The van der Waals surface area contributed by atoms with Gasteiger partial charge in [0.1, 0.15) is 5.82 Å². The molecule has 16 heavy (non-hydrogen) atoms. The number of anilines is 2. The van der Waals surface area contributed by atoms with Crippen molar-refractivity contribution in [3.05, 3.63) is 29.7 Å². The number of hydrogen-bond acceptors (Lipinski definition) is 6. The van der Waals surface area contributed by atoms with E-state index in [-0.39, 0.29) is 11.9 Å². The summed E-state index contributed by atoms with van der Waals surface area (Å²) in [6.07, 6.45) is 1.37. The summed E-state index contributed by atoms with van der Waals surface area (Å²) in [6, 6.07) is 3.15. The van der Waals surface area contributed by atoms with Crippen LogP contribution in [0.4, 0.5) is 11.8 Å². The Morgan fingerprint density at radius 2 is 2.31 bits per heavy atom. The van der Waals surface area contributed by atoms with Crippen LogP contribution >= 0.6 is 0 Å². The average Bonchev–Trinajstić information content (AvgIpc) is 2.65. The SMILES string of the molecule is Cc1noc(NC(=O)c2ccc(N)nc2)n1. The second-order valence-electron chi connectivity index (χ2n) is 3.07. The topological polar surface area (TPSA) is 107 Å². The highest BCUT2D eigenvalue weighted by molar-refractivity contribution is 6.02. The highest BCUT2D eigenvalue weighted by Gasteiger charge is 2.10. The number of carbonyl (C=O) groups is 1. The quantitative estimate of drug-likeness (QED) is 0.766. The molecule has 1 amide bonds. The van der Waals surface area contributed by atoms with E-state index >= 15 is 0 Å². The van der Waals surface area contributed by atoms with Gasteiger partial charge in [0.05, 0.1) is 5.56 Å².